The van der Waals surface area contributed by atoms with E-state index >= 15 is 0 Å². The molecule has 2 fully saturated rings. The summed E-state index contributed by atoms with van der Waals surface area (Å²) in [4.78, 5) is 72.6. The van der Waals surface area contributed by atoms with Crippen LogP contribution in [0.25, 0.3) is 0 Å². The average molecular weight is 859 g/mol. The lowest BCUT2D eigenvalue weighted by atomic mass is 9.76. The molecule has 0 bridgehead atoms. The lowest BCUT2D eigenvalue weighted by Gasteiger charge is -2.27. The normalized spacial score (nSPS) is 16.9. The molecular formula is C42H52Cl4O10. The Labute approximate surface area is 348 Å². The van der Waals surface area contributed by atoms with Crippen LogP contribution in [0.4, 0.5) is 0 Å². The number of aliphatic carboxylic acids is 3. The Kier molecular flexibility index (Phi) is 17.7. The SMILES string of the molecule is CC(C)(C)OC(=O)C(CCC(=O)C1(CC(=O)O)CCCC1)Cc1ccc(Cl)c(Cl)c1.O=C(O)CC1(C(=O)CCC(Cc2ccc(Cl)c(Cl)c2)C(=O)O)CCCC1. The molecule has 0 aliphatic heterocycles. The summed E-state index contributed by atoms with van der Waals surface area (Å²) in [6.45, 7) is 5.39. The molecule has 0 radical (unpaired) electrons. The van der Waals surface area contributed by atoms with Gasteiger partial charge in [0, 0.05) is 23.7 Å². The summed E-state index contributed by atoms with van der Waals surface area (Å²) in [7, 11) is 0. The van der Waals surface area contributed by atoms with E-state index in [9.17, 15) is 39.0 Å². The first-order chi connectivity index (χ1) is 26.1. The summed E-state index contributed by atoms with van der Waals surface area (Å²) >= 11 is 23.9. The van der Waals surface area contributed by atoms with Gasteiger partial charge in [0.1, 0.15) is 17.2 Å². The number of carboxylic acids is 3. The van der Waals surface area contributed by atoms with E-state index in [2.05, 4.69) is 0 Å². The molecule has 0 saturated heterocycles. The summed E-state index contributed by atoms with van der Waals surface area (Å²) in [5.41, 5.74) is -0.700. The van der Waals surface area contributed by atoms with Gasteiger partial charge in [-0.25, -0.2) is 0 Å². The summed E-state index contributed by atoms with van der Waals surface area (Å²) in [6.07, 6.45) is 6.73. The molecule has 0 amide bonds. The Bertz CT molecular complexity index is 1740. The van der Waals surface area contributed by atoms with Gasteiger partial charge in [0.05, 0.1) is 44.8 Å². The van der Waals surface area contributed by atoms with Gasteiger partial charge in [0.2, 0.25) is 0 Å². The van der Waals surface area contributed by atoms with Gasteiger partial charge >= 0.3 is 23.9 Å². The molecule has 4 rings (SSSR count). The highest BCUT2D eigenvalue weighted by molar-refractivity contribution is 6.42. The maximum atomic E-state index is 13.0. The fourth-order valence-corrected chi connectivity index (χ4v) is 8.48. The number of carbonyl (C=O) groups excluding carboxylic acids is 3. The zero-order chi connectivity index (χ0) is 41.8. The van der Waals surface area contributed by atoms with E-state index in [1.54, 1.807) is 57.2 Å². The van der Waals surface area contributed by atoms with Crippen LogP contribution in [0, 0.1) is 22.7 Å². The molecule has 0 aromatic heterocycles. The lowest BCUT2D eigenvalue weighted by Crippen LogP contribution is -2.33. The van der Waals surface area contributed by atoms with Gasteiger partial charge in [-0.1, -0.05) is 84.2 Å². The summed E-state index contributed by atoms with van der Waals surface area (Å²) in [5, 5.41) is 29.5. The Hall–Kier alpha value is -3.18. The molecule has 2 aliphatic carbocycles. The summed E-state index contributed by atoms with van der Waals surface area (Å²) < 4.78 is 5.57. The first-order valence-corrected chi connectivity index (χ1v) is 20.5. The predicted octanol–water partition coefficient (Wildman–Crippen LogP) is 10.5. The third kappa shape index (κ3) is 14.3. The van der Waals surface area contributed by atoms with Crippen molar-refractivity contribution in [1.29, 1.82) is 0 Å². The van der Waals surface area contributed by atoms with Crippen molar-refractivity contribution in [1.82, 2.24) is 0 Å². The molecule has 2 aromatic rings. The molecule has 3 N–H and O–H groups in total. The number of hydrogen-bond acceptors (Lipinski definition) is 7. The lowest BCUT2D eigenvalue weighted by molar-refractivity contribution is -0.160. The number of hydrogen-bond donors (Lipinski definition) is 3. The van der Waals surface area contributed by atoms with Crippen molar-refractivity contribution in [3.63, 3.8) is 0 Å². The standard InChI is InChI=1S/C23H30Cl2O5.C19H22Cl2O5/c1-22(2,3)30-21(29)16(12-15-6-8-17(24)18(25)13-15)7-9-19(26)23(14-20(27)28)10-4-5-11-23;20-14-5-3-12(10-15(14)21)9-13(18(25)26)4-6-16(22)19(11-17(23)24)7-1-2-8-19/h6,8,13,16H,4-5,7,9-12,14H2,1-3H3,(H,27,28);3,5,10,13H,1-2,4,6-9,11H2,(H,23,24)(H,25,26). The van der Waals surface area contributed by atoms with Gasteiger partial charge in [-0.05, 0) is 108 Å². The van der Waals surface area contributed by atoms with Crippen molar-refractivity contribution >= 4 is 81.8 Å². The highest BCUT2D eigenvalue weighted by atomic mass is 35.5. The maximum Gasteiger partial charge on any atom is 0.309 e. The molecule has 2 saturated carbocycles. The zero-order valence-corrected chi connectivity index (χ0v) is 35.2. The van der Waals surface area contributed by atoms with Crippen molar-refractivity contribution in [2.75, 3.05) is 0 Å². The van der Waals surface area contributed by atoms with Crippen LogP contribution < -0.4 is 0 Å². The first kappa shape index (κ1) is 47.2. The van der Waals surface area contributed by atoms with Gasteiger partial charge in [-0.2, -0.15) is 0 Å². The van der Waals surface area contributed by atoms with Crippen LogP contribution in [0.3, 0.4) is 0 Å². The number of rotatable bonds is 18. The van der Waals surface area contributed by atoms with Crippen molar-refractivity contribution in [2.45, 2.75) is 129 Å². The second kappa shape index (κ2) is 21.0. The number of esters is 1. The largest absolute Gasteiger partial charge is 0.481 e. The van der Waals surface area contributed by atoms with Crippen molar-refractivity contribution in [2.24, 2.45) is 22.7 Å². The summed E-state index contributed by atoms with van der Waals surface area (Å²) in [5.74, 6) is -4.76. The van der Waals surface area contributed by atoms with E-state index in [4.69, 9.17) is 56.2 Å². The predicted molar refractivity (Wildman–Crippen MR) is 216 cm³/mol. The van der Waals surface area contributed by atoms with Crippen LogP contribution in [-0.4, -0.2) is 56.4 Å². The van der Waals surface area contributed by atoms with Gasteiger partial charge in [-0.3, -0.25) is 28.8 Å². The number of carboxylic acid groups (broad SMARTS) is 3. The maximum absolute atomic E-state index is 13.0. The molecule has 308 valence electrons. The first-order valence-electron chi connectivity index (χ1n) is 19.0. The van der Waals surface area contributed by atoms with Gasteiger partial charge in [0.25, 0.3) is 0 Å². The number of ether oxygens (including phenoxy) is 1. The molecule has 0 spiro atoms. The van der Waals surface area contributed by atoms with Gasteiger partial charge < -0.3 is 20.1 Å². The molecule has 2 atom stereocenters. The Morgan fingerprint density at radius 3 is 1.34 bits per heavy atom. The van der Waals surface area contributed by atoms with Crippen LogP contribution in [-0.2, 0) is 46.3 Å². The van der Waals surface area contributed by atoms with E-state index in [1.807, 2.05) is 0 Å². The molecule has 2 aromatic carbocycles. The number of ketones is 2. The molecule has 10 nitrogen and oxygen atoms in total. The van der Waals surface area contributed by atoms with E-state index in [0.717, 1.165) is 36.8 Å². The molecule has 2 aliphatic rings. The molecule has 2 unspecified atom stereocenters. The topological polar surface area (TPSA) is 172 Å². The van der Waals surface area contributed by atoms with E-state index < -0.39 is 46.2 Å². The third-order valence-corrected chi connectivity index (χ3v) is 12.2. The van der Waals surface area contributed by atoms with Crippen molar-refractivity contribution in [3.05, 3.63) is 67.6 Å². The molecule has 14 heteroatoms. The molecule has 0 heterocycles. The van der Waals surface area contributed by atoms with Crippen molar-refractivity contribution < 1.29 is 48.8 Å². The number of halogens is 4. The second-order valence-corrected chi connectivity index (χ2v) is 17.8. The van der Waals surface area contributed by atoms with Crippen LogP contribution >= 0.6 is 46.4 Å². The molecule has 56 heavy (non-hydrogen) atoms. The van der Waals surface area contributed by atoms with E-state index in [0.29, 0.717) is 58.6 Å². The van der Waals surface area contributed by atoms with E-state index in [1.165, 1.54) is 0 Å². The van der Waals surface area contributed by atoms with Crippen LogP contribution in [0.1, 0.15) is 122 Å². The minimum absolute atomic E-state index is 0.0647. The van der Waals surface area contributed by atoms with Crippen LogP contribution in [0.15, 0.2) is 36.4 Å². The highest BCUT2D eigenvalue weighted by Gasteiger charge is 2.43. The minimum atomic E-state index is -0.984. The Balaban J connectivity index is 0.000000303. The number of Topliss-reactive ketones (excluding diaryl/α,β-unsaturated/α-hetero) is 2. The number of carbonyl (C=O) groups is 6. The zero-order valence-electron chi connectivity index (χ0n) is 32.1. The van der Waals surface area contributed by atoms with Gasteiger partial charge in [0.15, 0.2) is 0 Å². The fraction of sp³-hybridized carbons (Fsp3) is 0.571. The highest BCUT2D eigenvalue weighted by Crippen LogP contribution is 2.44. The Morgan fingerprint density at radius 2 is 1.00 bits per heavy atom. The van der Waals surface area contributed by atoms with Crippen LogP contribution in [0.2, 0.25) is 20.1 Å². The van der Waals surface area contributed by atoms with Crippen molar-refractivity contribution in [3.8, 4) is 0 Å². The monoisotopic (exact) mass is 856 g/mol. The molecular weight excluding hydrogens is 806 g/mol. The number of benzene rings is 2. The fourth-order valence-electron chi connectivity index (χ4n) is 7.84. The average Bonchev–Trinajstić information content (AvgIpc) is 3.78. The van der Waals surface area contributed by atoms with Crippen LogP contribution in [0.5, 0.6) is 0 Å². The third-order valence-electron chi connectivity index (χ3n) is 10.7. The van der Waals surface area contributed by atoms with E-state index in [-0.39, 0.29) is 56.1 Å². The quantitative estimate of drug-likeness (QED) is 0.123. The smallest absolute Gasteiger partial charge is 0.309 e. The minimum Gasteiger partial charge on any atom is -0.481 e. The van der Waals surface area contributed by atoms with Gasteiger partial charge in [-0.15, -0.1) is 0 Å². The summed E-state index contributed by atoms with van der Waals surface area (Å²) in [6, 6.07) is 10.2. The Morgan fingerprint density at radius 1 is 0.625 bits per heavy atom. The second-order valence-electron chi connectivity index (χ2n) is 16.2.